The van der Waals surface area contributed by atoms with Gasteiger partial charge in [-0.25, -0.2) is 0 Å². The fourth-order valence-electron chi connectivity index (χ4n) is 0. The smallest absolute Gasteiger partial charge is 0.319 e. The van der Waals surface area contributed by atoms with Gasteiger partial charge in [-0.05, 0) is 23.6 Å². The first-order valence-corrected chi connectivity index (χ1v) is 6.89. The fraction of sp³-hybridized carbons (Fsp3) is 0. The summed E-state index contributed by atoms with van der Waals surface area (Å²) in [7, 11) is 0. The van der Waals surface area contributed by atoms with Crippen molar-refractivity contribution in [2.24, 2.45) is 0 Å². The van der Waals surface area contributed by atoms with Crippen molar-refractivity contribution < 1.29 is 29.4 Å². The molecule has 0 saturated carbocycles. The first-order chi connectivity index (χ1) is 4.00. The van der Waals surface area contributed by atoms with Crippen molar-refractivity contribution in [1.29, 1.82) is 0 Å². The lowest BCUT2D eigenvalue weighted by Gasteiger charge is -1.88. The number of hydrogen-bond donors (Lipinski definition) is 6. The summed E-state index contributed by atoms with van der Waals surface area (Å²) < 4.78 is 0. The van der Waals surface area contributed by atoms with Crippen LogP contribution in [0.1, 0.15) is 0 Å². The van der Waals surface area contributed by atoms with Gasteiger partial charge in [0.05, 0.1) is 0 Å². The van der Waals surface area contributed by atoms with E-state index in [1.54, 1.807) is 0 Å². The molecule has 72 valence electrons. The summed E-state index contributed by atoms with van der Waals surface area (Å²) in [5.41, 5.74) is 0. The van der Waals surface area contributed by atoms with Gasteiger partial charge in [-0.3, -0.25) is 0 Å². The average Bonchev–Trinajstić information content (AvgIpc) is 1.12. The molecule has 0 atom stereocenters. The molecule has 0 aliphatic heterocycles. The number of halogens is 1. The van der Waals surface area contributed by atoms with Crippen LogP contribution in [0.15, 0.2) is 0 Å². The van der Waals surface area contributed by atoms with Crippen LogP contribution in [-0.2, 0) is 23.6 Å². The predicted octanol–water partition coefficient (Wildman–Crippen LogP) is -1.20. The molecule has 0 aliphatic carbocycles. The normalized spacial score (nSPS) is 10.7. The van der Waals surface area contributed by atoms with E-state index in [9.17, 15) is 0 Å². The maximum atomic E-state index is 7.56. The van der Waals surface area contributed by atoms with Gasteiger partial charge in [-0.2, -0.15) is 0 Å². The lowest BCUT2D eigenvalue weighted by Crippen LogP contribution is -1.65. The summed E-state index contributed by atoms with van der Waals surface area (Å²) in [6.07, 6.45) is 0. The van der Waals surface area contributed by atoms with Gasteiger partial charge in [-0.1, -0.05) is 0 Å². The molecule has 0 spiro atoms. The molecular formula is H7ClO6P2S2. The van der Waals surface area contributed by atoms with Crippen molar-refractivity contribution in [3.05, 3.63) is 0 Å². The van der Waals surface area contributed by atoms with Crippen LogP contribution in [0.2, 0.25) is 0 Å². The second-order valence-electron chi connectivity index (χ2n) is 1.03. The zero-order valence-electron chi connectivity index (χ0n) is 4.80. The third kappa shape index (κ3) is 544. The van der Waals surface area contributed by atoms with Crippen LogP contribution < -0.4 is 0 Å². The summed E-state index contributed by atoms with van der Waals surface area (Å²) in [5, 5.41) is 0. The van der Waals surface area contributed by atoms with E-state index in [2.05, 4.69) is 23.6 Å². The summed E-state index contributed by atoms with van der Waals surface area (Å²) in [6.45, 7) is -7.61. The Morgan fingerprint density at radius 1 is 0.636 bits per heavy atom. The van der Waals surface area contributed by atoms with Crippen molar-refractivity contribution >= 4 is 49.5 Å². The molecule has 0 rings (SSSR count). The van der Waals surface area contributed by atoms with Crippen LogP contribution >= 0.6 is 25.8 Å². The van der Waals surface area contributed by atoms with E-state index < -0.39 is 13.4 Å². The van der Waals surface area contributed by atoms with Crippen LogP contribution in [0.5, 0.6) is 0 Å². The SMILES string of the molecule is Cl.OP(O)(O)=S.OP(O)(O)=S. The van der Waals surface area contributed by atoms with E-state index in [4.69, 9.17) is 29.4 Å². The maximum Gasteiger partial charge on any atom is 0.319 e. The monoisotopic (exact) mass is 264 g/mol. The van der Waals surface area contributed by atoms with Crippen molar-refractivity contribution in [2.75, 3.05) is 0 Å². The molecule has 11 heavy (non-hydrogen) atoms. The van der Waals surface area contributed by atoms with Gasteiger partial charge in [-0.15, -0.1) is 12.4 Å². The molecule has 0 saturated heterocycles. The highest BCUT2D eigenvalue weighted by molar-refractivity contribution is 8.06. The summed E-state index contributed by atoms with van der Waals surface area (Å²) in [6, 6.07) is 0. The molecule has 0 fully saturated rings. The Morgan fingerprint density at radius 2 is 0.636 bits per heavy atom. The first kappa shape index (κ1) is 18.2. The summed E-state index contributed by atoms with van der Waals surface area (Å²) >= 11 is 7.21. The highest BCUT2D eigenvalue weighted by atomic mass is 35.5. The lowest BCUT2D eigenvalue weighted by atomic mass is 15.8. The summed E-state index contributed by atoms with van der Waals surface area (Å²) in [5.74, 6) is 0. The van der Waals surface area contributed by atoms with Gasteiger partial charge in [0.25, 0.3) is 0 Å². The third-order valence-electron chi connectivity index (χ3n) is 0. The van der Waals surface area contributed by atoms with Crippen LogP contribution in [0.4, 0.5) is 0 Å². The molecule has 0 heterocycles. The van der Waals surface area contributed by atoms with Gasteiger partial charge < -0.3 is 29.4 Å². The van der Waals surface area contributed by atoms with Crippen LogP contribution in [0, 0.1) is 0 Å². The molecule has 0 amide bonds. The number of hydrogen-bond acceptors (Lipinski definition) is 2. The first-order valence-electron chi connectivity index (χ1n) is 1.57. The van der Waals surface area contributed by atoms with Crippen molar-refractivity contribution in [3.63, 3.8) is 0 Å². The van der Waals surface area contributed by atoms with E-state index in [0.717, 1.165) is 0 Å². The molecule has 0 bridgehead atoms. The molecular weight excluding hydrogens is 258 g/mol. The molecule has 6 N–H and O–H groups in total. The largest absolute Gasteiger partial charge is 0.325 e. The number of rotatable bonds is 0. The molecule has 0 aromatic heterocycles. The van der Waals surface area contributed by atoms with Crippen LogP contribution in [0.25, 0.3) is 0 Å². The lowest BCUT2D eigenvalue weighted by molar-refractivity contribution is 0.361. The van der Waals surface area contributed by atoms with Crippen molar-refractivity contribution in [1.82, 2.24) is 0 Å². The zero-order chi connectivity index (χ0) is 9.00. The van der Waals surface area contributed by atoms with E-state index in [1.807, 2.05) is 0 Å². The van der Waals surface area contributed by atoms with Crippen molar-refractivity contribution in [3.8, 4) is 0 Å². The second kappa shape index (κ2) is 6.82. The van der Waals surface area contributed by atoms with E-state index in [-0.39, 0.29) is 12.4 Å². The van der Waals surface area contributed by atoms with Crippen LogP contribution in [0.3, 0.4) is 0 Å². The maximum absolute atomic E-state index is 7.56. The topological polar surface area (TPSA) is 121 Å². The molecule has 11 heteroatoms. The van der Waals surface area contributed by atoms with Gasteiger partial charge in [0.15, 0.2) is 0 Å². The highest BCUT2D eigenvalue weighted by Gasteiger charge is 1.92. The fourth-order valence-corrected chi connectivity index (χ4v) is 0. The summed E-state index contributed by atoms with van der Waals surface area (Å²) in [4.78, 5) is 45.3. The Hall–Kier alpha value is 1.35. The van der Waals surface area contributed by atoms with Gasteiger partial charge in [0.2, 0.25) is 0 Å². The molecule has 6 nitrogen and oxygen atoms in total. The Morgan fingerprint density at radius 3 is 0.636 bits per heavy atom. The van der Waals surface area contributed by atoms with E-state index >= 15 is 0 Å². The Bertz CT molecular complexity index is 131. The second-order valence-corrected chi connectivity index (χ2v) is 6.02. The van der Waals surface area contributed by atoms with Gasteiger partial charge in [0, 0.05) is 0 Å². The minimum atomic E-state index is -3.81. The van der Waals surface area contributed by atoms with E-state index in [0.29, 0.717) is 0 Å². The quantitative estimate of drug-likeness (QED) is 0.302. The van der Waals surface area contributed by atoms with Gasteiger partial charge >= 0.3 is 13.4 Å². The standard InChI is InChI=1S/ClH.2H3O3PS/c;2*1-4(2,3)5/h1H;2*(H3,1,2,3,5). The van der Waals surface area contributed by atoms with Crippen LogP contribution in [-0.4, -0.2) is 29.4 Å². The minimum absolute atomic E-state index is 0. The molecule has 0 radical (unpaired) electrons. The molecule has 0 aliphatic rings. The zero-order valence-corrected chi connectivity index (χ0v) is 9.04. The minimum Gasteiger partial charge on any atom is -0.325 e. The molecule has 0 unspecified atom stereocenters. The van der Waals surface area contributed by atoms with E-state index in [1.165, 1.54) is 0 Å². The Labute approximate surface area is 79.1 Å². The molecule has 0 aromatic carbocycles. The Balaban J connectivity index is -0.000000107. The predicted molar refractivity (Wildman–Crippen MR) is 49.1 cm³/mol. The average molecular weight is 265 g/mol. The third-order valence-corrected chi connectivity index (χ3v) is 0. The van der Waals surface area contributed by atoms with Crippen molar-refractivity contribution in [2.45, 2.75) is 0 Å². The van der Waals surface area contributed by atoms with Gasteiger partial charge in [0.1, 0.15) is 0 Å². The Kier molecular flexibility index (Phi) is 11.3. The molecule has 0 aromatic rings. The highest BCUT2D eigenvalue weighted by Crippen LogP contribution is 2.26.